The number of furan rings is 1. The Hall–Kier alpha value is -1.78. The highest BCUT2D eigenvalue weighted by molar-refractivity contribution is 5.95. The molecular formula is C11H13NO4. The van der Waals surface area contributed by atoms with Crippen LogP contribution in [-0.2, 0) is 4.79 Å². The van der Waals surface area contributed by atoms with Crippen molar-refractivity contribution in [3.05, 3.63) is 23.7 Å². The van der Waals surface area contributed by atoms with E-state index in [-0.39, 0.29) is 11.7 Å². The molecule has 86 valence electrons. The van der Waals surface area contributed by atoms with E-state index in [1.54, 1.807) is 13.0 Å². The Bertz CT molecular complexity index is 419. The van der Waals surface area contributed by atoms with Gasteiger partial charge in [-0.25, -0.2) is 4.79 Å². The molecule has 1 heterocycles. The summed E-state index contributed by atoms with van der Waals surface area (Å²) in [6.07, 6.45) is 3.12. The van der Waals surface area contributed by atoms with E-state index < -0.39 is 17.9 Å². The van der Waals surface area contributed by atoms with E-state index in [0.717, 1.165) is 12.8 Å². The molecule has 1 fully saturated rings. The van der Waals surface area contributed by atoms with E-state index >= 15 is 0 Å². The summed E-state index contributed by atoms with van der Waals surface area (Å²) in [5.74, 6) is -1.19. The number of aliphatic carboxylic acids is 1. The van der Waals surface area contributed by atoms with Gasteiger partial charge in [0.1, 0.15) is 6.04 Å². The summed E-state index contributed by atoms with van der Waals surface area (Å²) in [5, 5.41) is 11.4. The second-order valence-corrected chi connectivity index (χ2v) is 4.06. The number of hydrogen-bond acceptors (Lipinski definition) is 3. The Morgan fingerprint density at radius 3 is 2.69 bits per heavy atom. The number of carbonyl (C=O) groups excluding carboxylic acids is 1. The second-order valence-electron chi connectivity index (χ2n) is 4.06. The van der Waals surface area contributed by atoms with Crippen molar-refractivity contribution in [1.29, 1.82) is 0 Å². The molecule has 1 aromatic heterocycles. The van der Waals surface area contributed by atoms with E-state index in [2.05, 4.69) is 5.32 Å². The fraction of sp³-hybridized carbons (Fsp3) is 0.455. The minimum absolute atomic E-state index is 0.0664. The molecule has 16 heavy (non-hydrogen) atoms. The third kappa shape index (κ3) is 2.08. The molecule has 0 aliphatic heterocycles. The summed E-state index contributed by atoms with van der Waals surface area (Å²) < 4.78 is 5.00. The number of carbonyl (C=O) groups is 2. The predicted octanol–water partition coefficient (Wildman–Crippen LogP) is 1.18. The van der Waals surface area contributed by atoms with Crippen molar-refractivity contribution in [3.63, 3.8) is 0 Å². The molecule has 1 aromatic rings. The molecule has 1 amide bonds. The fourth-order valence-corrected chi connectivity index (χ4v) is 1.62. The van der Waals surface area contributed by atoms with Crippen LogP contribution in [0.3, 0.4) is 0 Å². The van der Waals surface area contributed by atoms with E-state index in [9.17, 15) is 9.59 Å². The molecule has 1 saturated carbocycles. The largest absolute Gasteiger partial charge is 0.480 e. The monoisotopic (exact) mass is 223 g/mol. The number of carboxylic acids is 1. The SMILES string of the molecule is Cc1ccoc1C(=O)NC(C(=O)O)C1CC1. The first-order valence-corrected chi connectivity index (χ1v) is 5.17. The molecule has 1 atom stereocenters. The molecule has 0 spiro atoms. The lowest BCUT2D eigenvalue weighted by Crippen LogP contribution is -2.42. The van der Waals surface area contributed by atoms with Crippen molar-refractivity contribution >= 4 is 11.9 Å². The Morgan fingerprint density at radius 1 is 1.56 bits per heavy atom. The number of hydrogen-bond donors (Lipinski definition) is 2. The summed E-state index contributed by atoms with van der Waals surface area (Å²) in [6, 6.07) is 0.874. The number of aryl methyl sites for hydroxylation is 1. The first kappa shape index (κ1) is 10.7. The van der Waals surface area contributed by atoms with Gasteiger partial charge in [-0.1, -0.05) is 0 Å². The highest BCUT2D eigenvalue weighted by atomic mass is 16.4. The van der Waals surface area contributed by atoms with Crippen LogP contribution in [0.25, 0.3) is 0 Å². The number of nitrogens with one attached hydrogen (secondary N) is 1. The average Bonchev–Trinajstić information content (AvgIpc) is 2.96. The van der Waals surface area contributed by atoms with Gasteiger partial charge in [-0.15, -0.1) is 0 Å². The molecule has 1 unspecified atom stereocenters. The first-order valence-electron chi connectivity index (χ1n) is 5.17. The van der Waals surface area contributed by atoms with E-state index in [1.165, 1.54) is 6.26 Å². The van der Waals surface area contributed by atoms with Gasteiger partial charge in [0.2, 0.25) is 0 Å². The molecule has 0 radical (unpaired) electrons. The summed E-state index contributed by atoms with van der Waals surface area (Å²) in [6.45, 7) is 1.74. The normalized spacial score (nSPS) is 16.8. The molecule has 1 aliphatic rings. The van der Waals surface area contributed by atoms with Gasteiger partial charge in [-0.2, -0.15) is 0 Å². The lowest BCUT2D eigenvalue weighted by molar-refractivity contribution is -0.139. The summed E-state index contributed by atoms with van der Waals surface area (Å²) in [4.78, 5) is 22.6. The lowest BCUT2D eigenvalue weighted by atomic mass is 10.1. The van der Waals surface area contributed by atoms with Gasteiger partial charge in [0.15, 0.2) is 5.76 Å². The van der Waals surface area contributed by atoms with Crippen molar-refractivity contribution in [2.75, 3.05) is 0 Å². The smallest absolute Gasteiger partial charge is 0.326 e. The Labute approximate surface area is 92.4 Å². The fourth-order valence-electron chi connectivity index (χ4n) is 1.62. The van der Waals surface area contributed by atoms with Crippen molar-refractivity contribution in [2.45, 2.75) is 25.8 Å². The number of carboxylic acid groups (broad SMARTS) is 1. The van der Waals surface area contributed by atoms with Crippen LogP contribution in [0.1, 0.15) is 29.0 Å². The zero-order valence-electron chi connectivity index (χ0n) is 8.90. The maximum absolute atomic E-state index is 11.7. The second kappa shape index (κ2) is 4.00. The molecule has 2 N–H and O–H groups in total. The topological polar surface area (TPSA) is 79.5 Å². The van der Waals surface area contributed by atoms with Gasteiger partial charge in [0.25, 0.3) is 5.91 Å². The van der Waals surface area contributed by atoms with Gasteiger partial charge in [-0.3, -0.25) is 4.79 Å². The quantitative estimate of drug-likeness (QED) is 0.803. The molecule has 2 rings (SSSR count). The predicted molar refractivity (Wildman–Crippen MR) is 55.1 cm³/mol. The molecule has 1 aliphatic carbocycles. The van der Waals surface area contributed by atoms with Gasteiger partial charge in [0, 0.05) is 5.56 Å². The Kier molecular flexibility index (Phi) is 2.68. The van der Waals surface area contributed by atoms with Crippen molar-refractivity contribution in [1.82, 2.24) is 5.32 Å². The lowest BCUT2D eigenvalue weighted by Gasteiger charge is -2.12. The van der Waals surface area contributed by atoms with E-state index in [4.69, 9.17) is 9.52 Å². The van der Waals surface area contributed by atoms with Gasteiger partial charge >= 0.3 is 5.97 Å². The summed E-state index contributed by atoms with van der Waals surface area (Å²) in [7, 11) is 0. The third-order valence-corrected chi connectivity index (χ3v) is 2.71. The Morgan fingerprint density at radius 2 is 2.25 bits per heavy atom. The van der Waals surface area contributed by atoms with Crippen LogP contribution < -0.4 is 5.32 Å². The molecule has 5 heteroatoms. The molecule has 5 nitrogen and oxygen atoms in total. The third-order valence-electron chi connectivity index (χ3n) is 2.71. The standard InChI is InChI=1S/C11H13NO4/c1-6-4-5-16-9(6)10(13)12-8(11(14)15)7-2-3-7/h4-5,7-8H,2-3H2,1H3,(H,12,13)(H,14,15). The van der Waals surface area contributed by atoms with Gasteiger partial charge < -0.3 is 14.8 Å². The zero-order chi connectivity index (χ0) is 11.7. The molecule has 0 aromatic carbocycles. The summed E-state index contributed by atoms with van der Waals surface area (Å²) in [5.41, 5.74) is 0.706. The maximum Gasteiger partial charge on any atom is 0.326 e. The Balaban J connectivity index is 2.06. The number of rotatable bonds is 4. The highest BCUT2D eigenvalue weighted by Crippen LogP contribution is 2.32. The average molecular weight is 223 g/mol. The van der Waals surface area contributed by atoms with E-state index in [0.29, 0.717) is 5.56 Å². The van der Waals surface area contributed by atoms with Crippen molar-refractivity contribution < 1.29 is 19.1 Å². The highest BCUT2D eigenvalue weighted by Gasteiger charge is 2.37. The minimum Gasteiger partial charge on any atom is -0.480 e. The van der Waals surface area contributed by atoms with Gasteiger partial charge in [-0.05, 0) is 31.7 Å². The zero-order valence-corrected chi connectivity index (χ0v) is 8.90. The summed E-state index contributed by atoms with van der Waals surface area (Å²) >= 11 is 0. The van der Waals surface area contributed by atoms with Crippen LogP contribution in [0.15, 0.2) is 16.7 Å². The molecular weight excluding hydrogens is 210 g/mol. The molecule has 0 bridgehead atoms. The molecule has 0 saturated heterocycles. The van der Waals surface area contributed by atoms with Crippen LogP contribution in [-0.4, -0.2) is 23.0 Å². The van der Waals surface area contributed by atoms with Crippen LogP contribution in [0.4, 0.5) is 0 Å². The van der Waals surface area contributed by atoms with Crippen molar-refractivity contribution in [3.8, 4) is 0 Å². The number of amides is 1. The minimum atomic E-state index is -0.986. The first-order chi connectivity index (χ1) is 7.59. The maximum atomic E-state index is 11.7. The van der Waals surface area contributed by atoms with E-state index in [1.807, 2.05) is 0 Å². The van der Waals surface area contributed by atoms with Crippen LogP contribution in [0.5, 0.6) is 0 Å². The van der Waals surface area contributed by atoms with Crippen molar-refractivity contribution in [2.24, 2.45) is 5.92 Å². The van der Waals surface area contributed by atoms with Crippen LogP contribution in [0.2, 0.25) is 0 Å². The van der Waals surface area contributed by atoms with Crippen LogP contribution in [0, 0.1) is 12.8 Å². The van der Waals surface area contributed by atoms with Gasteiger partial charge in [0.05, 0.1) is 6.26 Å². The van der Waals surface area contributed by atoms with Crippen LogP contribution >= 0.6 is 0 Å².